The fraction of sp³-hybridized carbons (Fsp3) is 0.0667. The van der Waals surface area contributed by atoms with Crippen LogP contribution in [-0.4, -0.2) is 10.2 Å². The van der Waals surface area contributed by atoms with Crippen LogP contribution >= 0.6 is 0 Å². The average molecular weight is 228 g/mol. The highest BCUT2D eigenvalue weighted by Gasteiger charge is 1.96. The monoisotopic (exact) mass is 228 g/mol. The third-order valence-corrected chi connectivity index (χ3v) is 2.28. The third kappa shape index (κ3) is 4.43. The largest absolute Gasteiger partial charge is 0.508 e. The Balaban J connectivity index is 2.80. The van der Waals surface area contributed by atoms with Crippen LogP contribution in [0.5, 0.6) is 5.75 Å². The van der Waals surface area contributed by atoms with Crippen molar-refractivity contribution in [2.24, 2.45) is 0 Å². The number of aliphatic hydroxyl groups excluding tert-OH is 1. The van der Waals surface area contributed by atoms with Crippen molar-refractivity contribution in [3.63, 3.8) is 0 Å². The summed E-state index contributed by atoms with van der Waals surface area (Å²) in [5, 5.41) is 18.4. The molecule has 0 aliphatic heterocycles. The Morgan fingerprint density at radius 2 is 1.71 bits per heavy atom. The summed E-state index contributed by atoms with van der Waals surface area (Å²) in [6.07, 6.45) is 7.17. The first-order valence-electron chi connectivity index (χ1n) is 5.28. The second-order valence-corrected chi connectivity index (χ2v) is 3.58. The van der Waals surface area contributed by atoms with Gasteiger partial charge in [0.25, 0.3) is 0 Å². The van der Waals surface area contributed by atoms with Crippen molar-refractivity contribution in [1.82, 2.24) is 0 Å². The number of hydrogen-bond donors (Lipinski definition) is 2. The molecule has 2 nitrogen and oxygen atoms in total. The molecule has 0 atom stereocenters. The predicted octanol–water partition coefficient (Wildman–Crippen LogP) is 3.68. The van der Waals surface area contributed by atoms with E-state index >= 15 is 0 Å². The number of phenolic OH excluding ortho intramolecular Hbond substituents is 1. The van der Waals surface area contributed by atoms with E-state index in [0.29, 0.717) is 6.42 Å². The quantitative estimate of drug-likeness (QED) is 0.596. The maximum absolute atomic E-state index is 9.24. The lowest BCUT2D eigenvalue weighted by Gasteiger charge is -2.02. The normalized spacial score (nSPS) is 12.2. The summed E-state index contributed by atoms with van der Waals surface area (Å²) in [6.45, 7) is 7.18. The molecule has 0 aromatic heterocycles. The van der Waals surface area contributed by atoms with E-state index in [0.717, 1.165) is 11.1 Å². The highest BCUT2D eigenvalue weighted by atomic mass is 16.3. The second-order valence-electron chi connectivity index (χ2n) is 3.58. The fourth-order valence-corrected chi connectivity index (χ4v) is 1.31. The molecule has 0 unspecified atom stereocenters. The van der Waals surface area contributed by atoms with Gasteiger partial charge in [-0.2, -0.15) is 0 Å². The molecule has 0 saturated carbocycles. The Bertz CT molecular complexity index is 450. The molecule has 1 rings (SSSR count). The lowest BCUT2D eigenvalue weighted by Crippen LogP contribution is -1.87. The van der Waals surface area contributed by atoms with Gasteiger partial charge in [-0.15, -0.1) is 0 Å². The maximum atomic E-state index is 9.24. The van der Waals surface area contributed by atoms with Crippen molar-refractivity contribution >= 4 is 0 Å². The molecule has 88 valence electrons. The van der Waals surface area contributed by atoms with Crippen LogP contribution in [0.25, 0.3) is 0 Å². The van der Waals surface area contributed by atoms with Gasteiger partial charge in [0, 0.05) is 0 Å². The molecule has 0 aliphatic rings. The Morgan fingerprint density at radius 1 is 1.06 bits per heavy atom. The van der Waals surface area contributed by atoms with Gasteiger partial charge in [-0.05, 0) is 41.8 Å². The zero-order valence-corrected chi connectivity index (χ0v) is 9.63. The van der Waals surface area contributed by atoms with Crippen LogP contribution < -0.4 is 0 Å². The first kappa shape index (κ1) is 12.8. The maximum Gasteiger partial charge on any atom is 0.115 e. The zero-order chi connectivity index (χ0) is 12.7. The van der Waals surface area contributed by atoms with Crippen LogP contribution in [0.15, 0.2) is 73.1 Å². The molecule has 2 N–H and O–H groups in total. The molecule has 2 heteroatoms. The minimum absolute atomic E-state index is 0.120. The second kappa shape index (κ2) is 6.38. The van der Waals surface area contributed by atoms with E-state index in [2.05, 4.69) is 13.2 Å². The standard InChI is InChI=1S/C15H16O2/c1-3-12(5-8-14(16)4-2)11-13-6-9-15(17)10-7-13/h3-10,16-17H,1-2,11H2/b12-5+,14-8+. The number of aromatic hydroxyl groups is 1. The van der Waals surface area contributed by atoms with Crippen molar-refractivity contribution in [3.8, 4) is 5.75 Å². The van der Waals surface area contributed by atoms with Gasteiger partial charge < -0.3 is 10.2 Å². The van der Waals surface area contributed by atoms with Crippen LogP contribution in [0, 0.1) is 0 Å². The third-order valence-electron chi connectivity index (χ3n) is 2.28. The average Bonchev–Trinajstić information content (AvgIpc) is 2.36. The lowest BCUT2D eigenvalue weighted by molar-refractivity contribution is 0.433. The van der Waals surface area contributed by atoms with Gasteiger partial charge in [0.2, 0.25) is 0 Å². The Labute approximate surface area is 102 Å². The van der Waals surface area contributed by atoms with Gasteiger partial charge in [-0.25, -0.2) is 0 Å². The van der Waals surface area contributed by atoms with Crippen molar-refractivity contribution in [1.29, 1.82) is 0 Å². The molecule has 0 amide bonds. The Hall–Kier alpha value is -2.22. The molecule has 0 spiro atoms. The highest BCUT2D eigenvalue weighted by molar-refractivity contribution is 5.33. The summed E-state index contributed by atoms with van der Waals surface area (Å²) in [7, 11) is 0. The van der Waals surface area contributed by atoms with Crippen LogP contribution in [-0.2, 0) is 6.42 Å². The molecule has 0 radical (unpaired) electrons. The molecule has 17 heavy (non-hydrogen) atoms. The van der Waals surface area contributed by atoms with Crippen LogP contribution in [0.2, 0.25) is 0 Å². The van der Waals surface area contributed by atoms with Crippen molar-refractivity contribution in [2.45, 2.75) is 6.42 Å². The summed E-state index contributed by atoms with van der Waals surface area (Å²) < 4.78 is 0. The molecule has 0 aliphatic carbocycles. The van der Waals surface area contributed by atoms with E-state index in [9.17, 15) is 5.11 Å². The number of allylic oxidation sites excluding steroid dienone is 5. The number of hydrogen-bond acceptors (Lipinski definition) is 2. The van der Waals surface area contributed by atoms with Gasteiger partial charge in [-0.1, -0.05) is 37.4 Å². The summed E-state index contributed by atoms with van der Waals surface area (Å²) >= 11 is 0. The fourth-order valence-electron chi connectivity index (χ4n) is 1.31. The van der Waals surface area contributed by atoms with Crippen molar-refractivity contribution in [3.05, 3.63) is 78.6 Å². The number of benzene rings is 1. The summed E-state index contributed by atoms with van der Waals surface area (Å²) in [5.74, 6) is 0.372. The van der Waals surface area contributed by atoms with E-state index < -0.39 is 0 Å². The molecular weight excluding hydrogens is 212 g/mol. The zero-order valence-electron chi connectivity index (χ0n) is 9.63. The molecule has 1 aromatic rings. The van der Waals surface area contributed by atoms with E-state index in [1.165, 1.54) is 6.08 Å². The van der Waals surface area contributed by atoms with Gasteiger partial charge in [0.15, 0.2) is 0 Å². The topological polar surface area (TPSA) is 40.5 Å². The van der Waals surface area contributed by atoms with Gasteiger partial charge >= 0.3 is 0 Å². The van der Waals surface area contributed by atoms with E-state index in [1.807, 2.05) is 12.1 Å². The molecule has 0 bridgehead atoms. The molecule has 0 fully saturated rings. The molecule has 0 saturated heterocycles. The SMILES string of the molecule is C=C/C(=C\C=C(\O)C=C)Cc1ccc(O)cc1. The number of aliphatic hydroxyl groups is 1. The first-order chi connectivity index (χ1) is 8.15. The summed E-state index contributed by atoms with van der Waals surface area (Å²) in [6, 6.07) is 6.99. The van der Waals surface area contributed by atoms with Gasteiger partial charge in [-0.3, -0.25) is 0 Å². The van der Waals surface area contributed by atoms with Crippen molar-refractivity contribution < 1.29 is 10.2 Å². The van der Waals surface area contributed by atoms with Crippen LogP contribution in [0.3, 0.4) is 0 Å². The smallest absolute Gasteiger partial charge is 0.115 e. The van der Waals surface area contributed by atoms with Gasteiger partial charge in [0.05, 0.1) is 0 Å². The number of rotatable bonds is 5. The van der Waals surface area contributed by atoms with Crippen LogP contribution in [0.4, 0.5) is 0 Å². The Kier molecular flexibility index (Phi) is 4.82. The minimum Gasteiger partial charge on any atom is -0.508 e. The lowest BCUT2D eigenvalue weighted by atomic mass is 10.0. The van der Waals surface area contributed by atoms with E-state index in [1.54, 1.807) is 30.4 Å². The predicted molar refractivity (Wildman–Crippen MR) is 71.0 cm³/mol. The van der Waals surface area contributed by atoms with Crippen molar-refractivity contribution in [2.75, 3.05) is 0 Å². The first-order valence-corrected chi connectivity index (χ1v) is 5.28. The summed E-state index contributed by atoms with van der Waals surface area (Å²) in [5.41, 5.74) is 2.05. The van der Waals surface area contributed by atoms with Gasteiger partial charge in [0.1, 0.15) is 11.5 Å². The van der Waals surface area contributed by atoms with E-state index in [-0.39, 0.29) is 11.5 Å². The highest BCUT2D eigenvalue weighted by Crippen LogP contribution is 2.14. The molecular formula is C15H16O2. The minimum atomic E-state index is 0.120. The van der Waals surface area contributed by atoms with E-state index in [4.69, 9.17) is 5.11 Å². The Morgan fingerprint density at radius 3 is 2.24 bits per heavy atom. The summed E-state index contributed by atoms with van der Waals surface area (Å²) in [4.78, 5) is 0. The van der Waals surface area contributed by atoms with Crippen LogP contribution in [0.1, 0.15) is 5.56 Å². The number of phenols is 1. The molecule has 1 aromatic carbocycles. The molecule has 0 heterocycles.